The Kier molecular flexibility index (Phi) is 55.4. The van der Waals surface area contributed by atoms with Crippen LogP contribution in [0.2, 0.25) is 0 Å². The van der Waals surface area contributed by atoms with E-state index in [1.807, 2.05) is 80.5 Å². The first-order valence-electron chi connectivity index (χ1n) is 40.6. The summed E-state index contributed by atoms with van der Waals surface area (Å²) in [6.07, 6.45) is 15.3. The van der Waals surface area contributed by atoms with E-state index < -0.39 is 28.7 Å². The second-order valence-corrected chi connectivity index (χ2v) is 37.9. The van der Waals surface area contributed by atoms with Crippen molar-refractivity contribution in [1.29, 1.82) is 0 Å². The predicted molar refractivity (Wildman–Crippen MR) is 493 cm³/mol. The van der Waals surface area contributed by atoms with Crippen molar-refractivity contribution in [3.8, 4) is 0 Å². The predicted octanol–water partition coefficient (Wildman–Crippen LogP) is 11.2. The largest absolute Gasteiger partial charge is 1.00 e. The number of rotatable bonds is 17. The van der Waals surface area contributed by atoms with Crippen molar-refractivity contribution in [2.24, 2.45) is 5.73 Å². The molecule has 6 N–H and O–H groups in total. The molecule has 0 amide bonds. The molecule has 4 saturated heterocycles. The van der Waals surface area contributed by atoms with Gasteiger partial charge < -0.3 is 72.0 Å². The van der Waals surface area contributed by atoms with Gasteiger partial charge >= 0.3 is 133 Å². The summed E-state index contributed by atoms with van der Waals surface area (Å²) in [6, 6.07) is 20.6. The Morgan fingerprint density at radius 1 is 0.413 bits per heavy atom. The molecule has 4 aliphatic heterocycles. The molecule has 0 radical (unpaired) electrons. The summed E-state index contributed by atoms with van der Waals surface area (Å²) in [5.41, 5.74) is 5.97. The van der Waals surface area contributed by atoms with Crippen LogP contribution in [0.15, 0.2) is 83.7 Å². The van der Waals surface area contributed by atoms with Gasteiger partial charge in [-0.2, -0.15) is 0 Å². The Morgan fingerprint density at radius 3 is 0.901 bits per heavy atom. The number of hydrogen-bond acceptors (Lipinski definition) is 26. The molecule has 5 aromatic heterocycles. The molecular weight excluding hydrogens is 1930 g/mol. The summed E-state index contributed by atoms with van der Waals surface area (Å²) >= 11 is 16.0. The third-order valence-corrected chi connectivity index (χ3v) is 21.7. The van der Waals surface area contributed by atoms with Gasteiger partial charge in [0.1, 0.15) is 68.9 Å². The molecule has 0 atom stereocenters. The maximum Gasteiger partial charge on any atom is 1.00 e. The van der Waals surface area contributed by atoms with Gasteiger partial charge in [-0.25, -0.2) is 48.9 Å². The molecule has 3 aliphatic carbocycles. The SMILES string of the molecule is C.C.CC(C)(C)OC(=O)c1cc(Br)nc(Br)c1.CC(C)N1CCCCC1.CC(C)N1CCN(c2cc(C(=O)O)cc(NC3CCC3)n2)CC1.CC(C)N1CCN(c2cc(C(=O)OC(C)(C)C)cc(Br)n2)CC1.CC(C)N1CCN(c2cc(C(=O)OC(C)(C)C)cc(NC3CCC3)n2)CC1.NC1CCC1.O=C(O)c1cc(Br)nc(Br)c1.O=CO[O-].[H-].[K+].[K+]. The Labute approximate surface area is 849 Å². The van der Waals surface area contributed by atoms with E-state index >= 15 is 0 Å². The molecular formula is C86H136Br5K2N15O13. The number of carboxylic acid groups (broad SMARTS) is 2. The van der Waals surface area contributed by atoms with Gasteiger partial charge in [0.25, 0.3) is 6.47 Å². The number of carboxylic acids is 2. The monoisotopic (exact) mass is 2060 g/mol. The molecule has 0 spiro atoms. The zero-order chi connectivity index (χ0) is 87.1. The minimum atomic E-state index is -0.964. The Hall–Kier alpha value is -3.00. The number of nitrogens with zero attached hydrogens (tertiary/aromatic N) is 12. The molecule has 670 valence electrons. The number of piperazine rings is 3. The number of nitrogens with two attached hydrogens (primary N) is 1. The van der Waals surface area contributed by atoms with Gasteiger partial charge in [0, 0.05) is 121 Å². The van der Waals surface area contributed by atoms with Gasteiger partial charge in [-0.3, -0.25) is 19.5 Å². The topological polar surface area (TPSA) is 340 Å². The number of anilines is 5. The fourth-order valence-electron chi connectivity index (χ4n) is 12.5. The van der Waals surface area contributed by atoms with E-state index in [-0.39, 0.29) is 149 Å². The van der Waals surface area contributed by atoms with Gasteiger partial charge in [-0.1, -0.05) is 27.7 Å². The number of nitrogens with one attached hydrogen (secondary N) is 2. The van der Waals surface area contributed by atoms with Crippen molar-refractivity contribution in [1.82, 2.24) is 44.5 Å². The molecule has 121 heavy (non-hydrogen) atoms. The Bertz CT molecular complexity index is 3900. The number of aromatic carboxylic acids is 2. The van der Waals surface area contributed by atoms with E-state index in [9.17, 15) is 29.1 Å². The van der Waals surface area contributed by atoms with Gasteiger partial charge in [0.2, 0.25) is 0 Å². The van der Waals surface area contributed by atoms with Crippen molar-refractivity contribution in [3.05, 3.63) is 111 Å². The van der Waals surface area contributed by atoms with Crippen LogP contribution >= 0.6 is 79.6 Å². The van der Waals surface area contributed by atoms with E-state index in [1.165, 1.54) is 89.4 Å². The third kappa shape index (κ3) is 45.2. The molecule has 0 unspecified atom stereocenters. The normalized spacial score (nSPS) is 16.4. The number of esters is 3. The number of ether oxygens (including phenoxy) is 3. The number of likely N-dealkylation sites (tertiary alicyclic amines) is 1. The van der Waals surface area contributed by atoms with Crippen LogP contribution in [0, 0.1) is 0 Å². The maximum absolute atomic E-state index is 12.7. The van der Waals surface area contributed by atoms with Gasteiger partial charge in [-0.15, -0.1) is 0 Å². The van der Waals surface area contributed by atoms with E-state index in [1.54, 1.807) is 30.3 Å². The summed E-state index contributed by atoms with van der Waals surface area (Å²) in [7, 11) is 0. The number of piperidine rings is 1. The van der Waals surface area contributed by atoms with Crippen LogP contribution in [-0.2, 0) is 23.9 Å². The van der Waals surface area contributed by atoms with E-state index in [2.05, 4.69) is 205 Å². The maximum atomic E-state index is 12.7. The summed E-state index contributed by atoms with van der Waals surface area (Å²) < 4.78 is 19.1. The van der Waals surface area contributed by atoms with Crippen molar-refractivity contribution in [2.75, 3.05) is 117 Å². The number of aromatic nitrogens is 5. The first kappa shape index (κ1) is 116. The Balaban J connectivity index is 0.00000144. The molecule has 9 heterocycles. The van der Waals surface area contributed by atoms with Crippen molar-refractivity contribution in [2.45, 2.75) is 269 Å². The summed E-state index contributed by atoms with van der Waals surface area (Å²) in [4.78, 5) is 108. The van der Waals surface area contributed by atoms with Gasteiger partial charge in [0.05, 0.1) is 27.8 Å². The Morgan fingerprint density at radius 2 is 0.653 bits per heavy atom. The third-order valence-electron chi connectivity index (χ3n) is 19.7. The van der Waals surface area contributed by atoms with Crippen LogP contribution in [0.4, 0.5) is 29.1 Å². The van der Waals surface area contributed by atoms with Crippen LogP contribution in [0.3, 0.4) is 0 Å². The van der Waals surface area contributed by atoms with E-state index in [0.29, 0.717) is 87.3 Å². The average Bonchev–Trinajstić information content (AvgIpc) is 0.819. The summed E-state index contributed by atoms with van der Waals surface area (Å²) in [5.74, 6) is 1.11. The van der Waals surface area contributed by atoms with Gasteiger partial charge in [0.15, 0.2) is 0 Å². The van der Waals surface area contributed by atoms with Crippen LogP contribution in [0.5, 0.6) is 0 Å². The minimum absolute atomic E-state index is 0. The van der Waals surface area contributed by atoms with Crippen molar-refractivity contribution in [3.63, 3.8) is 0 Å². The zero-order valence-electron chi connectivity index (χ0n) is 74.5. The molecule has 5 aromatic rings. The number of halogens is 5. The summed E-state index contributed by atoms with van der Waals surface area (Å²) in [5, 5.41) is 33.2. The molecule has 7 fully saturated rings. The molecule has 0 aromatic carbocycles. The quantitative estimate of drug-likeness (QED) is 0.0110. The van der Waals surface area contributed by atoms with Crippen molar-refractivity contribution >= 4 is 145 Å². The van der Waals surface area contributed by atoms with Crippen LogP contribution in [0.25, 0.3) is 0 Å². The number of carbonyl (C=O) groups excluding carboxylic acids is 4. The molecule has 3 saturated carbocycles. The second-order valence-electron chi connectivity index (χ2n) is 33.8. The fourth-order valence-corrected chi connectivity index (χ4v) is 15.1. The number of hydrogen-bond donors (Lipinski definition) is 5. The fraction of sp³-hybridized carbons (Fsp3) is 0.640. The van der Waals surface area contributed by atoms with E-state index in [0.717, 1.165) is 121 Å². The van der Waals surface area contributed by atoms with Crippen molar-refractivity contribution < 1.29 is 168 Å². The van der Waals surface area contributed by atoms with Gasteiger partial charge in [-0.05, 0) is 335 Å². The standard InChI is InChI=1S/C21H34N4O2.C17H26BrN3O2.C17H26N4O2.C10H11Br2NO2.C8H17N.C6H3Br2NO2.C4H9N.CH2O3.2CH4.2K.H/c1-15(2)24-9-11-25(12-10-24)19-14-16(20(26)27-21(3,4)5)13-18(23-19)22-17-7-6-8-17;1-12(2)20-6-8-21(9-7-20)15-11-13(10-14(18)19-15)16(22)23-17(3,4)5;1-12(2)20-6-8-21(9-7-20)16-11-13(17(22)23)10-15(19-16)18-14-4-3-5-14;1-10(2,3)15-9(14)6-4-7(11)13-8(12)5-6;1-8(2)9-6-4-3-5-7-9;7-4-1-3(6(10)11)2-5(8)9-4;5-4-2-1-3-4;2-1-4-3;;;;;/h13-15,17H,6-12H2,1-5H3,(H,22,23);10-12H,6-9H2,1-5H3;10-12,14H,3-9H2,1-2H3,(H,18,19)(H,22,23);4-5H,1-3H3;8H,3-7H2,1-2H3;1-2H,(H,10,11);4H,1-3,5H2;1,3H;2*1H4;;;/q;;;;;;;;;;2*+1;-1/p-1. The second kappa shape index (κ2) is 57.8. The molecule has 12 rings (SSSR count). The zero-order valence-corrected chi connectivity index (χ0v) is 87.7. The van der Waals surface area contributed by atoms with Crippen LogP contribution < -0.4 is 139 Å². The molecule has 7 aliphatic rings. The molecule has 28 nitrogen and oxygen atoms in total. The minimum Gasteiger partial charge on any atom is -1.00 e. The van der Waals surface area contributed by atoms with E-state index in [4.69, 9.17) is 40.1 Å². The summed E-state index contributed by atoms with van der Waals surface area (Å²) in [6.45, 7) is 48.6. The number of pyridine rings is 5. The number of carbonyl (C=O) groups is 6. The van der Waals surface area contributed by atoms with Crippen LogP contribution in [-0.4, -0.2) is 242 Å². The molecule has 35 heteroatoms. The molecule has 0 bridgehead atoms. The smallest absolute Gasteiger partial charge is 1.00 e. The first-order chi connectivity index (χ1) is 54.9. The average molecular weight is 2070 g/mol. The van der Waals surface area contributed by atoms with Crippen LogP contribution in [0.1, 0.15) is 263 Å². The first-order valence-corrected chi connectivity index (χ1v) is 44.6.